The highest BCUT2D eigenvalue weighted by molar-refractivity contribution is 6.02. The summed E-state index contributed by atoms with van der Waals surface area (Å²) in [7, 11) is 1.59. The number of hydrogen-bond donors (Lipinski definition) is 1. The van der Waals surface area contributed by atoms with E-state index in [0.29, 0.717) is 23.6 Å². The SMILES string of the molecule is COc1ccccc1-c1ccc(C(=O)Nc2cccc(CC(C)=O)c2)o1. The van der Waals surface area contributed by atoms with E-state index in [9.17, 15) is 9.59 Å². The van der Waals surface area contributed by atoms with E-state index < -0.39 is 0 Å². The van der Waals surface area contributed by atoms with Gasteiger partial charge in [0, 0.05) is 12.1 Å². The maximum absolute atomic E-state index is 12.4. The van der Waals surface area contributed by atoms with Crippen LogP contribution in [0.1, 0.15) is 23.0 Å². The van der Waals surface area contributed by atoms with Crippen LogP contribution in [0.2, 0.25) is 0 Å². The topological polar surface area (TPSA) is 68.5 Å². The molecular weight excluding hydrogens is 330 g/mol. The summed E-state index contributed by atoms with van der Waals surface area (Å²) in [4.78, 5) is 23.7. The number of ketones is 1. The smallest absolute Gasteiger partial charge is 0.291 e. The van der Waals surface area contributed by atoms with E-state index in [1.807, 2.05) is 30.3 Å². The van der Waals surface area contributed by atoms with E-state index in [2.05, 4.69) is 5.32 Å². The summed E-state index contributed by atoms with van der Waals surface area (Å²) in [6, 6.07) is 18.0. The van der Waals surface area contributed by atoms with E-state index in [0.717, 1.165) is 11.1 Å². The van der Waals surface area contributed by atoms with Crippen LogP contribution in [0.4, 0.5) is 5.69 Å². The third-order valence-corrected chi connectivity index (χ3v) is 3.84. The Bertz CT molecular complexity index is 942. The summed E-state index contributed by atoms with van der Waals surface area (Å²) >= 11 is 0. The molecule has 0 atom stereocenters. The number of furan rings is 1. The fourth-order valence-corrected chi connectivity index (χ4v) is 2.69. The number of methoxy groups -OCH3 is 1. The molecule has 1 amide bonds. The molecule has 5 nitrogen and oxygen atoms in total. The first-order valence-electron chi connectivity index (χ1n) is 8.20. The molecule has 0 bridgehead atoms. The van der Waals surface area contributed by atoms with Crippen LogP contribution >= 0.6 is 0 Å². The van der Waals surface area contributed by atoms with Crippen molar-refractivity contribution < 1.29 is 18.7 Å². The van der Waals surface area contributed by atoms with Gasteiger partial charge in [-0.05, 0) is 48.9 Å². The van der Waals surface area contributed by atoms with Gasteiger partial charge in [0.2, 0.25) is 0 Å². The molecule has 0 spiro atoms. The van der Waals surface area contributed by atoms with E-state index in [-0.39, 0.29) is 17.5 Å². The number of nitrogens with one attached hydrogen (secondary N) is 1. The summed E-state index contributed by atoms with van der Waals surface area (Å²) < 4.78 is 11.0. The lowest BCUT2D eigenvalue weighted by Gasteiger charge is -2.06. The minimum Gasteiger partial charge on any atom is -0.496 e. The average molecular weight is 349 g/mol. The molecule has 0 saturated heterocycles. The molecule has 26 heavy (non-hydrogen) atoms. The summed E-state index contributed by atoms with van der Waals surface area (Å²) in [6.45, 7) is 1.54. The van der Waals surface area contributed by atoms with Gasteiger partial charge in [-0.25, -0.2) is 0 Å². The lowest BCUT2D eigenvalue weighted by Crippen LogP contribution is -2.11. The molecule has 1 N–H and O–H groups in total. The molecule has 2 aromatic carbocycles. The number of amides is 1. The molecule has 0 unspecified atom stereocenters. The maximum Gasteiger partial charge on any atom is 0.291 e. The second-order valence-electron chi connectivity index (χ2n) is 5.90. The van der Waals surface area contributed by atoms with Gasteiger partial charge < -0.3 is 14.5 Å². The van der Waals surface area contributed by atoms with E-state index in [1.54, 1.807) is 37.4 Å². The first-order chi connectivity index (χ1) is 12.6. The van der Waals surface area contributed by atoms with Crippen LogP contribution in [0.25, 0.3) is 11.3 Å². The fourth-order valence-electron chi connectivity index (χ4n) is 2.69. The van der Waals surface area contributed by atoms with E-state index in [1.165, 1.54) is 6.92 Å². The van der Waals surface area contributed by atoms with Crippen LogP contribution in [0.3, 0.4) is 0 Å². The second-order valence-corrected chi connectivity index (χ2v) is 5.90. The lowest BCUT2D eigenvalue weighted by molar-refractivity contribution is -0.116. The van der Waals surface area contributed by atoms with Crippen molar-refractivity contribution in [1.82, 2.24) is 0 Å². The van der Waals surface area contributed by atoms with Crippen molar-refractivity contribution >= 4 is 17.4 Å². The van der Waals surface area contributed by atoms with Crippen molar-refractivity contribution in [3.63, 3.8) is 0 Å². The normalized spacial score (nSPS) is 10.4. The molecule has 0 saturated carbocycles. The zero-order chi connectivity index (χ0) is 18.5. The lowest BCUT2D eigenvalue weighted by atomic mass is 10.1. The molecule has 0 radical (unpaired) electrons. The van der Waals surface area contributed by atoms with Gasteiger partial charge in [0.15, 0.2) is 5.76 Å². The summed E-state index contributed by atoms with van der Waals surface area (Å²) in [5.41, 5.74) is 2.24. The molecule has 5 heteroatoms. The number of carbonyl (C=O) groups is 2. The number of ether oxygens (including phenoxy) is 1. The highest BCUT2D eigenvalue weighted by Crippen LogP contribution is 2.31. The fraction of sp³-hybridized carbons (Fsp3) is 0.143. The molecular formula is C21H19NO4. The van der Waals surface area contributed by atoms with Gasteiger partial charge in [-0.1, -0.05) is 24.3 Å². The Morgan fingerprint density at radius 1 is 1.04 bits per heavy atom. The number of hydrogen-bond acceptors (Lipinski definition) is 4. The average Bonchev–Trinajstić information content (AvgIpc) is 3.11. The van der Waals surface area contributed by atoms with Gasteiger partial charge in [-0.3, -0.25) is 9.59 Å². The van der Waals surface area contributed by atoms with Crippen molar-refractivity contribution in [3.8, 4) is 17.1 Å². The zero-order valence-corrected chi connectivity index (χ0v) is 14.6. The van der Waals surface area contributed by atoms with Crippen molar-refractivity contribution in [1.29, 1.82) is 0 Å². The van der Waals surface area contributed by atoms with Crippen LogP contribution in [-0.2, 0) is 11.2 Å². The Morgan fingerprint density at radius 2 is 1.85 bits per heavy atom. The van der Waals surface area contributed by atoms with E-state index >= 15 is 0 Å². The van der Waals surface area contributed by atoms with Gasteiger partial charge in [0.25, 0.3) is 5.91 Å². The molecule has 132 valence electrons. The number of anilines is 1. The minimum absolute atomic E-state index is 0.0703. The molecule has 3 rings (SSSR count). The summed E-state index contributed by atoms with van der Waals surface area (Å²) in [5, 5.41) is 2.79. The summed E-state index contributed by atoms with van der Waals surface area (Å²) in [6.07, 6.45) is 0.336. The van der Waals surface area contributed by atoms with Crippen LogP contribution in [0, 0.1) is 0 Å². The number of carbonyl (C=O) groups excluding carboxylic acids is 2. The van der Waals surface area contributed by atoms with Gasteiger partial charge in [-0.2, -0.15) is 0 Å². The molecule has 0 aliphatic rings. The molecule has 3 aromatic rings. The third-order valence-electron chi connectivity index (χ3n) is 3.84. The number of benzene rings is 2. The molecule has 1 aromatic heterocycles. The third kappa shape index (κ3) is 4.00. The Hall–Kier alpha value is -3.34. The largest absolute Gasteiger partial charge is 0.496 e. The Morgan fingerprint density at radius 3 is 2.62 bits per heavy atom. The van der Waals surface area contributed by atoms with Gasteiger partial charge >= 0.3 is 0 Å². The van der Waals surface area contributed by atoms with Gasteiger partial charge in [-0.15, -0.1) is 0 Å². The predicted molar refractivity (Wildman–Crippen MR) is 99.5 cm³/mol. The first-order valence-corrected chi connectivity index (χ1v) is 8.20. The number of Topliss-reactive ketones (excluding diaryl/α,β-unsaturated/α-hetero) is 1. The molecule has 1 heterocycles. The highest BCUT2D eigenvalue weighted by atomic mass is 16.5. The monoisotopic (exact) mass is 349 g/mol. The Kier molecular flexibility index (Phi) is 5.17. The van der Waals surface area contributed by atoms with Gasteiger partial charge in [0.1, 0.15) is 17.3 Å². The number of para-hydroxylation sites is 1. The zero-order valence-electron chi connectivity index (χ0n) is 14.6. The van der Waals surface area contributed by atoms with Crippen molar-refractivity contribution in [2.45, 2.75) is 13.3 Å². The number of rotatable bonds is 6. The quantitative estimate of drug-likeness (QED) is 0.719. The van der Waals surface area contributed by atoms with Crippen molar-refractivity contribution in [2.75, 3.05) is 12.4 Å². The van der Waals surface area contributed by atoms with Crippen molar-refractivity contribution in [2.24, 2.45) is 0 Å². The Balaban J connectivity index is 1.77. The van der Waals surface area contributed by atoms with Crippen LogP contribution in [0.15, 0.2) is 65.1 Å². The highest BCUT2D eigenvalue weighted by Gasteiger charge is 2.15. The van der Waals surface area contributed by atoms with Gasteiger partial charge in [0.05, 0.1) is 12.7 Å². The standard InChI is InChI=1S/C21H19NO4/c1-14(23)12-15-6-5-7-16(13-15)22-21(24)20-11-10-19(26-20)17-8-3-4-9-18(17)25-2/h3-11,13H,12H2,1-2H3,(H,22,24). The predicted octanol–water partition coefficient (Wildman–Crippen LogP) is 4.34. The van der Waals surface area contributed by atoms with Crippen LogP contribution in [0.5, 0.6) is 5.75 Å². The first kappa shape index (κ1) is 17.5. The molecule has 0 fully saturated rings. The van der Waals surface area contributed by atoms with Crippen LogP contribution in [-0.4, -0.2) is 18.8 Å². The van der Waals surface area contributed by atoms with Crippen LogP contribution < -0.4 is 10.1 Å². The summed E-state index contributed by atoms with van der Waals surface area (Å²) in [5.74, 6) is 1.14. The van der Waals surface area contributed by atoms with Crippen molar-refractivity contribution in [3.05, 3.63) is 72.0 Å². The maximum atomic E-state index is 12.4. The molecule has 0 aliphatic carbocycles. The Labute approximate surface area is 151 Å². The minimum atomic E-state index is -0.355. The second kappa shape index (κ2) is 7.70. The molecule has 0 aliphatic heterocycles. The van der Waals surface area contributed by atoms with E-state index in [4.69, 9.17) is 9.15 Å².